The van der Waals surface area contributed by atoms with Crippen molar-refractivity contribution in [1.29, 1.82) is 0 Å². The molecular weight excluding hydrogens is 340 g/mol. The van der Waals surface area contributed by atoms with Gasteiger partial charge in [0.05, 0.1) is 0 Å². The van der Waals surface area contributed by atoms with Crippen LogP contribution in [0.25, 0.3) is 10.9 Å². The summed E-state index contributed by atoms with van der Waals surface area (Å²) in [6.07, 6.45) is 4.64. The van der Waals surface area contributed by atoms with Gasteiger partial charge < -0.3 is 19.7 Å². The van der Waals surface area contributed by atoms with E-state index in [1.54, 1.807) is 0 Å². The van der Waals surface area contributed by atoms with Crippen LogP contribution in [-0.2, 0) is 13.5 Å². The van der Waals surface area contributed by atoms with E-state index in [0.29, 0.717) is 18.0 Å². The number of fused-ring (bicyclic) bond motifs is 2. The second-order valence-corrected chi connectivity index (χ2v) is 8.27. The zero-order valence-electron chi connectivity index (χ0n) is 16.3. The predicted molar refractivity (Wildman–Crippen MR) is 113 cm³/mol. The Morgan fingerprint density at radius 1 is 1.27 bits per heavy atom. The Balaban J connectivity index is 1.63. The third-order valence-electron chi connectivity index (χ3n) is 6.41. The van der Waals surface area contributed by atoms with E-state index < -0.39 is 0 Å². The number of nitrogens with zero attached hydrogens (tertiary/aromatic N) is 3. The molecule has 0 radical (unpaired) electrons. The van der Waals surface area contributed by atoms with Crippen molar-refractivity contribution in [1.82, 2.24) is 19.7 Å². The van der Waals surface area contributed by atoms with Gasteiger partial charge in [-0.25, -0.2) is 0 Å². The summed E-state index contributed by atoms with van der Waals surface area (Å²) >= 11 is 5.66. The summed E-state index contributed by atoms with van der Waals surface area (Å²) in [6, 6.07) is 7.83. The quantitative estimate of drug-likeness (QED) is 0.839. The van der Waals surface area contributed by atoms with Gasteiger partial charge in [-0.1, -0.05) is 12.1 Å². The molecule has 1 saturated heterocycles. The standard InChI is InChI=1S/C21H30N4S/c1-5-25(6-2)21(26)22-15-11-17-16-8-7-9-18-20(16)14(12-23(18)3)10-19(17)24(4)13-15/h7-9,12,15,17,19H,5-6,10-11,13H2,1-4H3,(H,22,26)/t15-,17+,19+/m0/s1. The van der Waals surface area contributed by atoms with E-state index >= 15 is 0 Å². The van der Waals surface area contributed by atoms with Crippen molar-refractivity contribution in [3.63, 3.8) is 0 Å². The van der Waals surface area contributed by atoms with E-state index in [2.05, 4.69) is 72.0 Å². The monoisotopic (exact) mass is 370 g/mol. The maximum Gasteiger partial charge on any atom is 0.169 e. The topological polar surface area (TPSA) is 23.4 Å². The van der Waals surface area contributed by atoms with E-state index in [1.165, 1.54) is 22.0 Å². The minimum Gasteiger partial charge on any atom is -0.359 e. The summed E-state index contributed by atoms with van der Waals surface area (Å²) in [5, 5.41) is 6.06. The van der Waals surface area contributed by atoms with Gasteiger partial charge in [0, 0.05) is 61.8 Å². The molecule has 0 bridgehead atoms. The van der Waals surface area contributed by atoms with E-state index in [0.717, 1.165) is 37.6 Å². The van der Waals surface area contributed by atoms with Gasteiger partial charge in [-0.3, -0.25) is 0 Å². The second-order valence-electron chi connectivity index (χ2n) is 7.88. The number of likely N-dealkylation sites (N-methyl/N-ethyl adjacent to an activating group) is 1. The van der Waals surface area contributed by atoms with Crippen LogP contribution >= 0.6 is 12.2 Å². The normalized spacial score (nSPS) is 25.2. The van der Waals surface area contributed by atoms with Gasteiger partial charge in [-0.2, -0.15) is 0 Å². The van der Waals surface area contributed by atoms with Crippen molar-refractivity contribution < 1.29 is 0 Å². The van der Waals surface area contributed by atoms with Crippen LogP contribution in [0.3, 0.4) is 0 Å². The van der Waals surface area contributed by atoms with E-state index in [9.17, 15) is 0 Å². The van der Waals surface area contributed by atoms with Crippen molar-refractivity contribution in [2.45, 2.75) is 44.7 Å². The molecule has 1 aliphatic heterocycles. The molecule has 4 rings (SSSR count). The molecule has 0 spiro atoms. The van der Waals surface area contributed by atoms with Gasteiger partial charge >= 0.3 is 0 Å². The van der Waals surface area contributed by atoms with E-state index in [-0.39, 0.29) is 0 Å². The summed E-state index contributed by atoms with van der Waals surface area (Å²) in [4.78, 5) is 4.78. The van der Waals surface area contributed by atoms with Crippen LogP contribution in [0, 0.1) is 0 Å². The van der Waals surface area contributed by atoms with Gasteiger partial charge in [0.15, 0.2) is 5.11 Å². The molecule has 140 valence electrons. The minimum absolute atomic E-state index is 0.412. The lowest BCUT2D eigenvalue weighted by molar-refractivity contribution is 0.133. The molecule has 1 aromatic carbocycles. The average molecular weight is 371 g/mol. The summed E-state index contributed by atoms with van der Waals surface area (Å²) in [7, 11) is 4.45. The number of likely N-dealkylation sites (tertiary alicyclic amines) is 1. The fourth-order valence-corrected chi connectivity index (χ4v) is 5.53. The number of aryl methyl sites for hydroxylation is 1. The van der Waals surface area contributed by atoms with Gasteiger partial charge in [0.2, 0.25) is 0 Å². The Bertz CT molecular complexity index is 823. The molecule has 2 heterocycles. The van der Waals surface area contributed by atoms with Crippen LogP contribution in [0.5, 0.6) is 0 Å². The molecule has 1 aliphatic carbocycles. The Morgan fingerprint density at radius 2 is 2.04 bits per heavy atom. The maximum atomic E-state index is 5.66. The fraction of sp³-hybridized carbons (Fsp3) is 0.571. The van der Waals surface area contributed by atoms with Gasteiger partial charge in [-0.15, -0.1) is 0 Å². The Morgan fingerprint density at radius 3 is 2.77 bits per heavy atom. The highest BCUT2D eigenvalue weighted by Gasteiger charge is 2.39. The number of benzene rings is 1. The van der Waals surface area contributed by atoms with Crippen LogP contribution in [-0.4, -0.2) is 58.2 Å². The van der Waals surface area contributed by atoms with Crippen LogP contribution in [0.1, 0.15) is 37.3 Å². The summed E-state index contributed by atoms with van der Waals surface area (Å²) in [5.74, 6) is 0.573. The molecule has 5 heteroatoms. The Labute approximate surface area is 162 Å². The molecule has 0 unspecified atom stereocenters. The zero-order valence-corrected chi connectivity index (χ0v) is 17.1. The first kappa shape index (κ1) is 17.8. The van der Waals surface area contributed by atoms with Crippen LogP contribution in [0.4, 0.5) is 0 Å². The van der Waals surface area contributed by atoms with Crippen molar-refractivity contribution >= 4 is 28.2 Å². The number of nitrogens with one attached hydrogen (secondary N) is 1. The number of rotatable bonds is 3. The van der Waals surface area contributed by atoms with Crippen LogP contribution in [0.2, 0.25) is 0 Å². The van der Waals surface area contributed by atoms with Crippen LogP contribution in [0.15, 0.2) is 24.4 Å². The molecule has 26 heavy (non-hydrogen) atoms. The van der Waals surface area contributed by atoms with Crippen LogP contribution < -0.4 is 5.32 Å². The summed E-state index contributed by atoms with van der Waals surface area (Å²) < 4.78 is 2.29. The third-order valence-corrected chi connectivity index (χ3v) is 6.79. The highest BCUT2D eigenvalue weighted by Crippen LogP contribution is 2.43. The first-order chi connectivity index (χ1) is 12.5. The number of hydrogen-bond donors (Lipinski definition) is 1. The first-order valence-corrected chi connectivity index (χ1v) is 10.3. The molecule has 2 aliphatic rings. The minimum atomic E-state index is 0.412. The number of piperidine rings is 1. The molecule has 1 aromatic heterocycles. The lowest BCUT2D eigenvalue weighted by atomic mass is 9.74. The number of thiocarbonyl (C=S) groups is 1. The van der Waals surface area contributed by atoms with Gasteiger partial charge in [-0.05, 0) is 63.1 Å². The van der Waals surface area contributed by atoms with E-state index in [1.807, 2.05) is 0 Å². The average Bonchev–Trinajstić information content (AvgIpc) is 2.94. The van der Waals surface area contributed by atoms with Crippen molar-refractivity contribution in [2.24, 2.45) is 7.05 Å². The molecule has 1 N–H and O–H groups in total. The summed E-state index contributed by atoms with van der Waals surface area (Å²) in [6.45, 7) is 7.31. The zero-order chi connectivity index (χ0) is 18.4. The van der Waals surface area contributed by atoms with E-state index in [4.69, 9.17) is 12.2 Å². The smallest absolute Gasteiger partial charge is 0.169 e. The third kappa shape index (κ3) is 2.81. The second kappa shape index (κ2) is 6.86. The number of hydrogen-bond acceptors (Lipinski definition) is 2. The van der Waals surface area contributed by atoms with Gasteiger partial charge in [0.1, 0.15) is 0 Å². The highest BCUT2D eigenvalue weighted by molar-refractivity contribution is 7.80. The van der Waals surface area contributed by atoms with Crippen molar-refractivity contribution in [2.75, 3.05) is 26.7 Å². The SMILES string of the molecule is CCN(CC)C(=S)N[C@H]1C[C@@H]2c3cccc4c3c(cn4C)C[C@H]2N(C)C1. The highest BCUT2D eigenvalue weighted by atomic mass is 32.1. The fourth-order valence-electron chi connectivity index (χ4n) is 5.10. The first-order valence-electron chi connectivity index (χ1n) is 9.85. The molecule has 2 aromatic rings. The molecule has 0 amide bonds. The van der Waals surface area contributed by atoms with Crippen molar-refractivity contribution in [3.05, 3.63) is 35.5 Å². The largest absolute Gasteiger partial charge is 0.359 e. The lowest BCUT2D eigenvalue weighted by Gasteiger charge is -2.46. The Hall–Kier alpha value is -1.59. The molecule has 0 saturated carbocycles. The molecule has 3 atom stereocenters. The lowest BCUT2D eigenvalue weighted by Crippen LogP contribution is -2.56. The molecular formula is C21H30N4S. The molecule has 4 nitrogen and oxygen atoms in total. The summed E-state index contributed by atoms with van der Waals surface area (Å²) in [5.41, 5.74) is 4.41. The maximum absolute atomic E-state index is 5.66. The number of aromatic nitrogens is 1. The predicted octanol–water partition coefficient (Wildman–Crippen LogP) is 3.11. The van der Waals surface area contributed by atoms with Gasteiger partial charge in [0.25, 0.3) is 0 Å². The van der Waals surface area contributed by atoms with Crippen molar-refractivity contribution in [3.8, 4) is 0 Å². The Kier molecular flexibility index (Phi) is 4.70. The molecule has 1 fully saturated rings.